The highest BCUT2D eigenvalue weighted by atomic mass is 16.2. The Kier molecular flexibility index (Phi) is 5.63. The van der Waals surface area contributed by atoms with E-state index in [2.05, 4.69) is 5.32 Å². The van der Waals surface area contributed by atoms with Crippen LogP contribution in [0.15, 0.2) is 48.5 Å². The minimum Gasteiger partial charge on any atom is -0.378 e. The smallest absolute Gasteiger partial charge is 0.256 e. The van der Waals surface area contributed by atoms with Crippen molar-refractivity contribution in [2.45, 2.75) is 6.54 Å². The van der Waals surface area contributed by atoms with Gasteiger partial charge in [0.15, 0.2) is 0 Å². The van der Waals surface area contributed by atoms with Crippen LogP contribution in [0.2, 0.25) is 0 Å². The number of carbonyl (C=O) groups excluding carboxylic acids is 3. The molecule has 7 nitrogen and oxygen atoms in total. The molecule has 0 bridgehead atoms. The van der Waals surface area contributed by atoms with Gasteiger partial charge in [0, 0.05) is 33.4 Å². The van der Waals surface area contributed by atoms with Crippen molar-refractivity contribution in [3.63, 3.8) is 0 Å². The fraction of sp³-hybridized carbons (Fsp3) is 0.286. The molecule has 3 rings (SSSR count). The van der Waals surface area contributed by atoms with E-state index >= 15 is 0 Å². The van der Waals surface area contributed by atoms with Gasteiger partial charge in [0.1, 0.15) is 13.1 Å². The first-order valence-corrected chi connectivity index (χ1v) is 9.04. The zero-order valence-electron chi connectivity index (χ0n) is 16.3. The Balaban J connectivity index is 1.69. The van der Waals surface area contributed by atoms with E-state index in [1.165, 1.54) is 9.80 Å². The number of nitrogens with zero attached hydrogens (tertiary/aromatic N) is 3. The fourth-order valence-electron chi connectivity index (χ4n) is 3.08. The molecular formula is C21H24N4O3. The number of benzene rings is 2. The summed E-state index contributed by atoms with van der Waals surface area (Å²) in [6.45, 7) is 0.175. The Labute approximate surface area is 164 Å². The van der Waals surface area contributed by atoms with Crippen molar-refractivity contribution in [2.24, 2.45) is 0 Å². The molecule has 146 valence electrons. The summed E-state index contributed by atoms with van der Waals surface area (Å²) in [7, 11) is 5.52. The molecule has 0 aromatic heterocycles. The molecule has 0 saturated carbocycles. The van der Waals surface area contributed by atoms with Crippen LogP contribution in [0.25, 0.3) is 0 Å². The second-order valence-corrected chi connectivity index (χ2v) is 7.00. The number of nitrogens with one attached hydrogen (secondary N) is 1. The lowest BCUT2D eigenvalue weighted by atomic mass is 10.1. The number of para-hydroxylation sites is 1. The van der Waals surface area contributed by atoms with Crippen molar-refractivity contribution >= 4 is 29.1 Å². The number of amides is 3. The molecule has 3 amide bonds. The van der Waals surface area contributed by atoms with E-state index in [9.17, 15) is 14.4 Å². The van der Waals surface area contributed by atoms with Crippen LogP contribution >= 0.6 is 0 Å². The third kappa shape index (κ3) is 4.14. The monoisotopic (exact) mass is 380 g/mol. The van der Waals surface area contributed by atoms with E-state index < -0.39 is 0 Å². The largest absolute Gasteiger partial charge is 0.378 e. The van der Waals surface area contributed by atoms with Crippen LogP contribution in [0.4, 0.5) is 11.4 Å². The Morgan fingerprint density at radius 3 is 2.43 bits per heavy atom. The molecule has 1 N–H and O–H groups in total. The average molecular weight is 380 g/mol. The minimum absolute atomic E-state index is 0.0627. The second kappa shape index (κ2) is 8.12. The molecule has 0 fully saturated rings. The van der Waals surface area contributed by atoms with Gasteiger partial charge in [0.25, 0.3) is 5.91 Å². The maximum Gasteiger partial charge on any atom is 0.256 e. The maximum absolute atomic E-state index is 12.6. The third-order valence-electron chi connectivity index (χ3n) is 4.69. The number of likely N-dealkylation sites (N-methyl/N-ethyl adjacent to an activating group) is 1. The number of fused-ring (bicyclic) bond motifs is 1. The molecule has 0 saturated heterocycles. The van der Waals surface area contributed by atoms with Gasteiger partial charge in [0.05, 0.1) is 11.3 Å². The van der Waals surface area contributed by atoms with Crippen LogP contribution in [0.5, 0.6) is 0 Å². The Morgan fingerprint density at radius 1 is 1.07 bits per heavy atom. The van der Waals surface area contributed by atoms with E-state index in [-0.39, 0.29) is 30.8 Å². The van der Waals surface area contributed by atoms with Crippen molar-refractivity contribution in [3.05, 3.63) is 59.7 Å². The fourth-order valence-corrected chi connectivity index (χ4v) is 3.08. The average Bonchev–Trinajstić information content (AvgIpc) is 2.77. The van der Waals surface area contributed by atoms with Crippen molar-refractivity contribution in [1.29, 1.82) is 0 Å². The van der Waals surface area contributed by atoms with Crippen molar-refractivity contribution in [2.75, 3.05) is 44.0 Å². The standard InChI is InChI=1S/C21H24N4O3/c1-23(2)16-10-8-15(9-11-16)12-22-19(26)13-25-18-7-5-4-6-17(18)21(28)24(3)14-20(25)27/h4-11H,12-14H2,1-3H3,(H,22,26). The first-order chi connectivity index (χ1) is 13.4. The first-order valence-electron chi connectivity index (χ1n) is 9.04. The number of rotatable bonds is 5. The van der Waals surface area contributed by atoms with Gasteiger partial charge in [-0.3, -0.25) is 14.4 Å². The zero-order chi connectivity index (χ0) is 20.3. The first kappa shape index (κ1) is 19.4. The van der Waals surface area contributed by atoms with Gasteiger partial charge in [-0.05, 0) is 29.8 Å². The molecule has 0 aliphatic carbocycles. The van der Waals surface area contributed by atoms with Gasteiger partial charge in [-0.1, -0.05) is 24.3 Å². The maximum atomic E-state index is 12.6. The van der Waals surface area contributed by atoms with Crippen molar-refractivity contribution < 1.29 is 14.4 Å². The quantitative estimate of drug-likeness (QED) is 0.853. The summed E-state index contributed by atoms with van der Waals surface area (Å²) in [5, 5.41) is 2.84. The van der Waals surface area contributed by atoms with Crippen LogP contribution in [-0.4, -0.2) is 56.9 Å². The molecule has 2 aromatic carbocycles. The van der Waals surface area contributed by atoms with Crippen LogP contribution in [-0.2, 0) is 16.1 Å². The van der Waals surface area contributed by atoms with Crippen LogP contribution in [0.1, 0.15) is 15.9 Å². The molecule has 0 radical (unpaired) electrons. The van der Waals surface area contributed by atoms with E-state index in [0.717, 1.165) is 11.3 Å². The Morgan fingerprint density at radius 2 is 1.75 bits per heavy atom. The van der Waals surface area contributed by atoms with E-state index in [4.69, 9.17) is 0 Å². The van der Waals surface area contributed by atoms with Crippen molar-refractivity contribution in [3.8, 4) is 0 Å². The molecule has 0 unspecified atom stereocenters. The number of anilines is 2. The van der Waals surface area contributed by atoms with Crippen LogP contribution in [0, 0.1) is 0 Å². The summed E-state index contributed by atoms with van der Waals surface area (Å²) in [4.78, 5) is 42.3. The third-order valence-corrected chi connectivity index (χ3v) is 4.69. The summed E-state index contributed by atoms with van der Waals surface area (Å²) in [6.07, 6.45) is 0. The Hall–Kier alpha value is -3.35. The summed E-state index contributed by atoms with van der Waals surface area (Å²) in [5.41, 5.74) is 2.93. The highest BCUT2D eigenvalue weighted by Gasteiger charge is 2.30. The molecule has 0 atom stereocenters. The number of hydrogen-bond acceptors (Lipinski definition) is 4. The van der Waals surface area contributed by atoms with Crippen LogP contribution in [0.3, 0.4) is 0 Å². The SMILES string of the molecule is CN1CC(=O)N(CC(=O)NCc2ccc(N(C)C)cc2)c2ccccc2C1=O. The predicted octanol–water partition coefficient (Wildman–Crippen LogP) is 1.49. The lowest BCUT2D eigenvalue weighted by molar-refractivity contribution is -0.124. The Bertz CT molecular complexity index is 893. The molecule has 2 aromatic rings. The molecule has 1 aliphatic heterocycles. The molecule has 1 heterocycles. The lowest BCUT2D eigenvalue weighted by Gasteiger charge is -2.21. The van der Waals surface area contributed by atoms with Gasteiger partial charge in [0.2, 0.25) is 11.8 Å². The van der Waals surface area contributed by atoms with Gasteiger partial charge < -0.3 is 20.0 Å². The van der Waals surface area contributed by atoms with Gasteiger partial charge in [-0.25, -0.2) is 0 Å². The molecule has 7 heteroatoms. The highest BCUT2D eigenvalue weighted by molar-refractivity contribution is 6.11. The lowest BCUT2D eigenvalue weighted by Crippen LogP contribution is -2.43. The summed E-state index contributed by atoms with van der Waals surface area (Å²) in [6, 6.07) is 14.7. The van der Waals surface area contributed by atoms with Crippen molar-refractivity contribution in [1.82, 2.24) is 10.2 Å². The number of carbonyl (C=O) groups is 3. The topological polar surface area (TPSA) is 73.0 Å². The van der Waals surface area contributed by atoms with E-state index in [0.29, 0.717) is 17.8 Å². The minimum atomic E-state index is -0.286. The highest BCUT2D eigenvalue weighted by Crippen LogP contribution is 2.24. The predicted molar refractivity (Wildman–Crippen MR) is 108 cm³/mol. The summed E-state index contributed by atoms with van der Waals surface area (Å²) < 4.78 is 0. The summed E-state index contributed by atoms with van der Waals surface area (Å²) in [5.74, 6) is -0.795. The second-order valence-electron chi connectivity index (χ2n) is 7.00. The molecule has 0 spiro atoms. The normalized spacial score (nSPS) is 13.8. The number of hydrogen-bond donors (Lipinski definition) is 1. The molecular weight excluding hydrogens is 356 g/mol. The zero-order valence-corrected chi connectivity index (χ0v) is 16.3. The van der Waals surface area contributed by atoms with E-state index in [1.54, 1.807) is 31.3 Å². The van der Waals surface area contributed by atoms with Gasteiger partial charge >= 0.3 is 0 Å². The van der Waals surface area contributed by atoms with Gasteiger partial charge in [-0.15, -0.1) is 0 Å². The van der Waals surface area contributed by atoms with Gasteiger partial charge in [-0.2, -0.15) is 0 Å². The van der Waals surface area contributed by atoms with Crippen LogP contribution < -0.4 is 15.1 Å². The molecule has 28 heavy (non-hydrogen) atoms. The summed E-state index contributed by atoms with van der Waals surface area (Å²) >= 11 is 0. The molecule has 1 aliphatic rings. The van der Waals surface area contributed by atoms with E-state index in [1.807, 2.05) is 43.3 Å².